The molecule has 0 radical (unpaired) electrons. The standard InChI is InChI=1S/C14H23N3O3/c1-3-17-12(8-10(2)16-17)14(19)15-9-13(18)11-4-6-20-7-5-11/h8,11,13,18H,3-7,9H2,1-2H3,(H,15,19)/t13-/m1/s1. The van der Waals surface area contributed by atoms with Crippen molar-refractivity contribution in [2.24, 2.45) is 5.92 Å². The van der Waals surface area contributed by atoms with Gasteiger partial charge >= 0.3 is 0 Å². The van der Waals surface area contributed by atoms with E-state index in [4.69, 9.17) is 4.74 Å². The Morgan fingerprint density at radius 3 is 2.95 bits per heavy atom. The van der Waals surface area contributed by atoms with Crippen molar-refractivity contribution in [2.45, 2.75) is 39.3 Å². The second kappa shape index (κ2) is 6.85. The molecule has 1 aliphatic rings. The lowest BCUT2D eigenvalue weighted by Crippen LogP contribution is -2.39. The van der Waals surface area contributed by atoms with Gasteiger partial charge in [0.2, 0.25) is 0 Å². The molecule has 2 rings (SSSR count). The van der Waals surface area contributed by atoms with E-state index >= 15 is 0 Å². The van der Waals surface area contributed by atoms with Gasteiger partial charge in [0.25, 0.3) is 5.91 Å². The van der Waals surface area contributed by atoms with Gasteiger partial charge in [0.15, 0.2) is 0 Å². The van der Waals surface area contributed by atoms with Crippen LogP contribution >= 0.6 is 0 Å². The summed E-state index contributed by atoms with van der Waals surface area (Å²) in [5.41, 5.74) is 1.37. The largest absolute Gasteiger partial charge is 0.391 e. The molecule has 0 spiro atoms. The number of ether oxygens (including phenoxy) is 1. The number of amides is 1. The number of carbonyl (C=O) groups is 1. The Labute approximate surface area is 119 Å². The molecule has 112 valence electrons. The second-order valence-corrected chi connectivity index (χ2v) is 5.21. The van der Waals surface area contributed by atoms with E-state index in [1.54, 1.807) is 10.7 Å². The minimum absolute atomic E-state index is 0.182. The van der Waals surface area contributed by atoms with E-state index in [0.29, 0.717) is 25.5 Å². The van der Waals surface area contributed by atoms with Crippen LogP contribution in [0.2, 0.25) is 0 Å². The number of aryl methyl sites for hydroxylation is 2. The predicted molar refractivity (Wildman–Crippen MR) is 74.5 cm³/mol. The van der Waals surface area contributed by atoms with Gasteiger partial charge < -0.3 is 15.2 Å². The van der Waals surface area contributed by atoms with Crippen molar-refractivity contribution < 1.29 is 14.6 Å². The number of aromatic nitrogens is 2. The number of nitrogens with zero attached hydrogens (tertiary/aromatic N) is 2. The van der Waals surface area contributed by atoms with Gasteiger partial charge in [0.1, 0.15) is 5.69 Å². The molecule has 2 N–H and O–H groups in total. The molecule has 0 bridgehead atoms. The summed E-state index contributed by atoms with van der Waals surface area (Å²) in [5, 5.41) is 17.1. The van der Waals surface area contributed by atoms with E-state index in [-0.39, 0.29) is 18.4 Å². The summed E-state index contributed by atoms with van der Waals surface area (Å²) in [6, 6.07) is 1.76. The highest BCUT2D eigenvalue weighted by Gasteiger charge is 2.23. The van der Waals surface area contributed by atoms with Crippen LogP contribution < -0.4 is 5.32 Å². The monoisotopic (exact) mass is 281 g/mol. The van der Waals surface area contributed by atoms with E-state index in [9.17, 15) is 9.90 Å². The van der Waals surface area contributed by atoms with E-state index in [1.165, 1.54) is 0 Å². The van der Waals surface area contributed by atoms with E-state index in [2.05, 4.69) is 10.4 Å². The molecule has 0 unspecified atom stereocenters. The molecule has 6 heteroatoms. The first-order valence-electron chi connectivity index (χ1n) is 7.20. The minimum Gasteiger partial charge on any atom is -0.391 e. The van der Waals surface area contributed by atoms with Crippen molar-refractivity contribution in [3.63, 3.8) is 0 Å². The van der Waals surface area contributed by atoms with Crippen molar-refractivity contribution in [1.82, 2.24) is 15.1 Å². The van der Waals surface area contributed by atoms with Crippen LogP contribution in [0.1, 0.15) is 35.9 Å². The smallest absolute Gasteiger partial charge is 0.269 e. The molecule has 1 fully saturated rings. The molecule has 1 aliphatic heterocycles. The molecule has 2 heterocycles. The van der Waals surface area contributed by atoms with Crippen LogP contribution in [0, 0.1) is 12.8 Å². The van der Waals surface area contributed by atoms with Gasteiger partial charge in [-0.3, -0.25) is 9.48 Å². The number of aliphatic hydroxyl groups excluding tert-OH is 1. The molecule has 1 atom stereocenters. The lowest BCUT2D eigenvalue weighted by atomic mass is 9.94. The van der Waals surface area contributed by atoms with E-state index in [0.717, 1.165) is 18.5 Å². The SMILES string of the molecule is CCn1nc(C)cc1C(=O)NC[C@@H](O)C1CCOCC1. The fourth-order valence-electron chi connectivity index (χ4n) is 2.52. The summed E-state index contributed by atoms with van der Waals surface area (Å²) in [6.45, 7) is 6.12. The van der Waals surface area contributed by atoms with Crippen LogP contribution in [0.5, 0.6) is 0 Å². The second-order valence-electron chi connectivity index (χ2n) is 5.21. The normalized spacial score (nSPS) is 17.9. The van der Waals surface area contributed by atoms with Gasteiger partial charge in [-0.15, -0.1) is 0 Å². The molecular formula is C14H23N3O3. The van der Waals surface area contributed by atoms with Crippen molar-refractivity contribution in [1.29, 1.82) is 0 Å². The molecule has 0 aromatic carbocycles. The van der Waals surface area contributed by atoms with Crippen LogP contribution in [-0.2, 0) is 11.3 Å². The summed E-state index contributed by atoms with van der Waals surface area (Å²) in [6.07, 6.45) is 1.19. The first-order valence-corrected chi connectivity index (χ1v) is 7.20. The number of aliphatic hydroxyl groups is 1. The molecule has 0 saturated carbocycles. The number of nitrogens with one attached hydrogen (secondary N) is 1. The lowest BCUT2D eigenvalue weighted by Gasteiger charge is -2.26. The minimum atomic E-state index is -0.512. The molecule has 6 nitrogen and oxygen atoms in total. The third-order valence-electron chi connectivity index (χ3n) is 3.72. The van der Waals surface area contributed by atoms with Crippen LogP contribution in [-0.4, -0.2) is 46.7 Å². The van der Waals surface area contributed by atoms with Crippen molar-refractivity contribution in [3.8, 4) is 0 Å². The fraction of sp³-hybridized carbons (Fsp3) is 0.714. The van der Waals surface area contributed by atoms with E-state index < -0.39 is 6.10 Å². The number of carbonyl (C=O) groups excluding carboxylic acids is 1. The molecule has 0 aliphatic carbocycles. The molecule has 20 heavy (non-hydrogen) atoms. The molecular weight excluding hydrogens is 258 g/mol. The first kappa shape index (κ1) is 15.0. The van der Waals surface area contributed by atoms with Gasteiger partial charge in [-0.2, -0.15) is 5.10 Å². The number of hydrogen-bond donors (Lipinski definition) is 2. The maximum Gasteiger partial charge on any atom is 0.269 e. The van der Waals surface area contributed by atoms with Gasteiger partial charge in [-0.1, -0.05) is 0 Å². The van der Waals surface area contributed by atoms with Crippen LogP contribution in [0.15, 0.2) is 6.07 Å². The van der Waals surface area contributed by atoms with Gasteiger partial charge in [-0.05, 0) is 38.7 Å². The third kappa shape index (κ3) is 3.58. The van der Waals surface area contributed by atoms with Gasteiger partial charge in [-0.25, -0.2) is 0 Å². The van der Waals surface area contributed by atoms with Gasteiger partial charge in [0.05, 0.1) is 11.8 Å². The third-order valence-corrected chi connectivity index (χ3v) is 3.72. The average Bonchev–Trinajstić information content (AvgIpc) is 2.86. The summed E-state index contributed by atoms with van der Waals surface area (Å²) in [5.74, 6) is 0.0282. The zero-order valence-electron chi connectivity index (χ0n) is 12.1. The maximum atomic E-state index is 12.1. The first-order chi connectivity index (χ1) is 9.61. The summed E-state index contributed by atoms with van der Waals surface area (Å²) >= 11 is 0. The number of rotatable bonds is 5. The van der Waals surface area contributed by atoms with E-state index in [1.807, 2.05) is 13.8 Å². The number of hydrogen-bond acceptors (Lipinski definition) is 4. The Kier molecular flexibility index (Phi) is 5.14. The predicted octanol–water partition coefficient (Wildman–Crippen LogP) is 0.729. The summed E-state index contributed by atoms with van der Waals surface area (Å²) in [7, 11) is 0. The maximum absolute atomic E-state index is 12.1. The van der Waals surface area contributed by atoms with Gasteiger partial charge in [0, 0.05) is 26.3 Å². The average molecular weight is 281 g/mol. The summed E-state index contributed by atoms with van der Waals surface area (Å²) in [4.78, 5) is 12.1. The van der Waals surface area contributed by atoms with Crippen molar-refractivity contribution in [2.75, 3.05) is 19.8 Å². The Hall–Kier alpha value is -1.40. The molecule has 1 amide bonds. The molecule has 1 aromatic rings. The molecule has 1 saturated heterocycles. The summed E-state index contributed by atoms with van der Waals surface area (Å²) < 4.78 is 6.94. The Morgan fingerprint density at radius 1 is 1.60 bits per heavy atom. The van der Waals surface area contributed by atoms with Crippen LogP contribution in [0.3, 0.4) is 0 Å². The molecule has 1 aromatic heterocycles. The highest BCUT2D eigenvalue weighted by molar-refractivity contribution is 5.92. The van der Waals surface area contributed by atoms with Crippen LogP contribution in [0.4, 0.5) is 0 Å². The zero-order valence-corrected chi connectivity index (χ0v) is 12.1. The van der Waals surface area contributed by atoms with Crippen molar-refractivity contribution in [3.05, 3.63) is 17.5 Å². The Balaban J connectivity index is 1.87. The van der Waals surface area contributed by atoms with Crippen molar-refractivity contribution >= 4 is 5.91 Å². The Morgan fingerprint density at radius 2 is 2.30 bits per heavy atom. The highest BCUT2D eigenvalue weighted by atomic mass is 16.5. The lowest BCUT2D eigenvalue weighted by molar-refractivity contribution is 0.00869. The highest BCUT2D eigenvalue weighted by Crippen LogP contribution is 2.18. The zero-order chi connectivity index (χ0) is 14.5. The van der Waals surface area contributed by atoms with Crippen LogP contribution in [0.25, 0.3) is 0 Å². The Bertz CT molecular complexity index is 453. The fourth-order valence-corrected chi connectivity index (χ4v) is 2.52. The quantitative estimate of drug-likeness (QED) is 0.834. The topological polar surface area (TPSA) is 76.4 Å².